The van der Waals surface area contributed by atoms with Crippen molar-refractivity contribution in [3.05, 3.63) is 113 Å². The highest BCUT2D eigenvalue weighted by molar-refractivity contribution is 7.89. The Hall–Kier alpha value is -4.65. The van der Waals surface area contributed by atoms with Gasteiger partial charge in [0.1, 0.15) is 24.2 Å². The van der Waals surface area contributed by atoms with Crippen molar-refractivity contribution in [1.29, 1.82) is 0 Å². The van der Waals surface area contributed by atoms with Crippen molar-refractivity contribution in [1.82, 2.24) is 9.29 Å². The van der Waals surface area contributed by atoms with Gasteiger partial charge in [0.05, 0.1) is 17.0 Å². The molecule has 0 radical (unpaired) electrons. The van der Waals surface area contributed by atoms with Gasteiger partial charge in [-0.1, -0.05) is 30.3 Å². The van der Waals surface area contributed by atoms with Crippen LogP contribution in [0.1, 0.15) is 18.4 Å². The number of para-hydroxylation sites is 2. The Balaban J connectivity index is 0.000000249. The van der Waals surface area contributed by atoms with E-state index in [2.05, 4.69) is 9.40 Å². The zero-order chi connectivity index (χ0) is 31.1. The number of hydrogen-bond donors (Lipinski definition) is 0. The number of ether oxygens (including phenoxy) is 1. The summed E-state index contributed by atoms with van der Waals surface area (Å²) in [7, 11) is -3.69. The monoisotopic (exact) mass is 631 g/mol. The minimum atomic E-state index is -3.69. The zero-order valence-corrected chi connectivity index (χ0v) is 24.7. The van der Waals surface area contributed by atoms with Crippen LogP contribution in [0.4, 0.5) is 14.5 Å². The van der Waals surface area contributed by atoms with Crippen molar-refractivity contribution in [2.75, 3.05) is 24.7 Å². The number of aromatic nitrogens is 1. The average Bonchev–Trinajstić information content (AvgIpc) is 3.43. The van der Waals surface area contributed by atoms with Crippen molar-refractivity contribution >= 4 is 48.6 Å². The largest absolute Gasteiger partial charge is 0.456 e. The summed E-state index contributed by atoms with van der Waals surface area (Å²) in [5, 5.41) is 2.48. The van der Waals surface area contributed by atoms with Crippen LogP contribution in [0.25, 0.3) is 32.8 Å². The Morgan fingerprint density at radius 3 is 2.42 bits per heavy atom. The summed E-state index contributed by atoms with van der Waals surface area (Å²) in [5.74, 6) is -2.34. The fourth-order valence-electron chi connectivity index (χ4n) is 5.92. The molecule has 0 atom stereocenters. The molecule has 4 heterocycles. The number of hydrogen-bond acceptors (Lipinski definition) is 8. The van der Waals surface area contributed by atoms with Gasteiger partial charge in [-0.25, -0.2) is 22.0 Å². The lowest BCUT2D eigenvalue weighted by atomic mass is 10.0. The van der Waals surface area contributed by atoms with Crippen LogP contribution in [0.5, 0.6) is 0 Å². The summed E-state index contributed by atoms with van der Waals surface area (Å²) in [6, 6.07) is 22.2. The number of piperidine rings is 1. The minimum Gasteiger partial charge on any atom is -0.456 e. The van der Waals surface area contributed by atoms with Gasteiger partial charge in [-0.05, 0) is 55.3 Å². The number of anilines is 1. The van der Waals surface area contributed by atoms with Crippen LogP contribution in [-0.4, -0.2) is 43.6 Å². The van der Waals surface area contributed by atoms with Crippen molar-refractivity contribution in [3.63, 3.8) is 0 Å². The molecule has 9 nitrogen and oxygen atoms in total. The third-order valence-electron chi connectivity index (χ3n) is 8.20. The molecule has 0 bridgehead atoms. The summed E-state index contributed by atoms with van der Waals surface area (Å²) >= 11 is 0. The first-order valence-corrected chi connectivity index (χ1v) is 15.8. The van der Waals surface area contributed by atoms with Gasteiger partial charge in [-0.15, -0.1) is 0 Å². The van der Waals surface area contributed by atoms with E-state index < -0.39 is 27.4 Å². The van der Waals surface area contributed by atoms with Gasteiger partial charge in [0.2, 0.25) is 10.0 Å². The molecule has 230 valence electrons. The van der Waals surface area contributed by atoms with Crippen LogP contribution in [0.2, 0.25) is 0 Å². The number of benzene rings is 4. The molecule has 2 aromatic heterocycles. The van der Waals surface area contributed by atoms with E-state index in [9.17, 15) is 22.0 Å². The molecule has 0 unspecified atom stereocenters. The molecule has 0 aliphatic carbocycles. The second-order valence-electron chi connectivity index (χ2n) is 10.9. The minimum absolute atomic E-state index is 0.0318. The van der Waals surface area contributed by atoms with Crippen molar-refractivity contribution in [2.24, 2.45) is 0 Å². The molecule has 45 heavy (non-hydrogen) atoms. The molecule has 2 aliphatic heterocycles. The maximum absolute atomic E-state index is 13.9. The van der Waals surface area contributed by atoms with E-state index in [0.717, 1.165) is 16.2 Å². The Morgan fingerprint density at radius 2 is 1.58 bits per heavy atom. The first-order chi connectivity index (χ1) is 21.8. The van der Waals surface area contributed by atoms with E-state index in [1.807, 2.05) is 47.4 Å². The molecular formula is C33H27F2N3O6S. The van der Waals surface area contributed by atoms with Gasteiger partial charge < -0.3 is 18.5 Å². The average molecular weight is 632 g/mol. The first kappa shape index (κ1) is 29.1. The summed E-state index contributed by atoms with van der Waals surface area (Å²) in [5.41, 5.74) is 3.24. The zero-order valence-electron chi connectivity index (χ0n) is 23.9. The molecule has 6 aromatic rings. The van der Waals surface area contributed by atoms with Crippen molar-refractivity contribution < 1.29 is 30.8 Å². The maximum Gasteiger partial charge on any atom is 0.439 e. The van der Waals surface area contributed by atoms with Gasteiger partial charge in [0.25, 0.3) is 0 Å². The Morgan fingerprint density at radius 1 is 0.844 bits per heavy atom. The predicted octanol–water partition coefficient (Wildman–Crippen LogP) is 6.20. The predicted molar refractivity (Wildman–Crippen MR) is 164 cm³/mol. The smallest absolute Gasteiger partial charge is 0.439 e. The number of halogens is 2. The van der Waals surface area contributed by atoms with Crippen LogP contribution in [-0.2, 0) is 21.4 Å². The standard InChI is InChI=1S/C25H22F2N2O4S.C8H5NO2/c26-21-11-16-14-32-15-29(23(16)13-22(21)27)17-7-9-28(10-8-17)34(30,31)18-5-6-25-20(12-18)19-3-1-2-4-24(19)33-25;10-8-9-7-4-2-1-3-6(7)5-11-8/h1-6,11-13,17H,7-10,14-15H2;1-5H. The van der Waals surface area contributed by atoms with Crippen LogP contribution < -0.4 is 10.7 Å². The van der Waals surface area contributed by atoms with Gasteiger partial charge in [-0.3, -0.25) is 0 Å². The molecular weight excluding hydrogens is 604 g/mol. The van der Waals surface area contributed by atoms with Crippen LogP contribution in [0, 0.1) is 11.6 Å². The SMILES string of the molecule is O=S(=O)(c1ccc2oc3ccccc3c2c1)N1CCC(N2COCc3cc(F)c(F)cc32)CC1.O=c1nc2ccccc2co1. The number of furan rings is 1. The van der Waals surface area contributed by atoms with E-state index in [4.69, 9.17) is 9.15 Å². The molecule has 2 aliphatic rings. The van der Waals surface area contributed by atoms with Gasteiger partial charge in [0, 0.05) is 52.6 Å². The van der Waals surface area contributed by atoms with E-state index in [1.165, 1.54) is 22.7 Å². The lowest BCUT2D eigenvalue weighted by Crippen LogP contribution is -2.48. The van der Waals surface area contributed by atoms with E-state index in [1.54, 1.807) is 24.3 Å². The van der Waals surface area contributed by atoms with Crippen LogP contribution in [0.3, 0.4) is 0 Å². The summed E-state index contributed by atoms with van der Waals surface area (Å²) in [4.78, 5) is 16.4. The summed E-state index contributed by atoms with van der Waals surface area (Å²) < 4.78 is 71.9. The molecule has 8 rings (SSSR count). The van der Waals surface area contributed by atoms with Gasteiger partial charge in [0.15, 0.2) is 11.6 Å². The molecule has 0 N–H and O–H groups in total. The molecule has 0 amide bonds. The Labute approximate surface area is 256 Å². The Bertz CT molecular complexity index is 2210. The molecule has 1 saturated heterocycles. The topological polar surface area (TPSA) is 106 Å². The van der Waals surface area contributed by atoms with E-state index >= 15 is 0 Å². The maximum atomic E-state index is 13.9. The third kappa shape index (κ3) is 5.56. The number of rotatable bonds is 3. The fraction of sp³-hybridized carbons (Fsp3) is 0.212. The lowest BCUT2D eigenvalue weighted by Gasteiger charge is -2.41. The molecule has 0 saturated carbocycles. The van der Waals surface area contributed by atoms with Crippen molar-refractivity contribution in [3.8, 4) is 0 Å². The number of nitrogens with zero attached hydrogens (tertiary/aromatic N) is 3. The van der Waals surface area contributed by atoms with Crippen LogP contribution in [0.15, 0.2) is 104 Å². The first-order valence-electron chi connectivity index (χ1n) is 14.4. The normalized spacial score (nSPS) is 16.1. The lowest BCUT2D eigenvalue weighted by molar-refractivity contribution is 0.0983. The Kier molecular flexibility index (Phi) is 7.56. The second-order valence-corrected chi connectivity index (χ2v) is 12.8. The quantitative estimate of drug-likeness (QED) is 0.227. The summed E-state index contributed by atoms with van der Waals surface area (Å²) in [6.45, 7) is 1.14. The van der Waals surface area contributed by atoms with Crippen molar-refractivity contribution in [2.45, 2.75) is 30.4 Å². The van der Waals surface area contributed by atoms with E-state index in [0.29, 0.717) is 53.9 Å². The number of fused-ring (bicyclic) bond motifs is 5. The number of sulfonamides is 1. The summed E-state index contributed by atoms with van der Waals surface area (Å²) in [6.07, 6.45) is 2.51. The molecule has 12 heteroatoms. The highest BCUT2D eigenvalue weighted by Gasteiger charge is 2.34. The second kappa shape index (κ2) is 11.7. The highest BCUT2D eigenvalue weighted by Crippen LogP contribution is 2.35. The third-order valence-corrected chi connectivity index (χ3v) is 10.1. The molecule has 4 aromatic carbocycles. The fourth-order valence-corrected chi connectivity index (χ4v) is 7.42. The highest BCUT2D eigenvalue weighted by atomic mass is 32.2. The molecule has 1 fully saturated rings. The molecule has 0 spiro atoms. The van der Waals surface area contributed by atoms with E-state index in [-0.39, 0.29) is 24.3 Å². The van der Waals surface area contributed by atoms with Crippen LogP contribution >= 0.6 is 0 Å². The van der Waals surface area contributed by atoms with Gasteiger partial charge in [-0.2, -0.15) is 9.29 Å². The van der Waals surface area contributed by atoms with Gasteiger partial charge >= 0.3 is 5.76 Å².